The summed E-state index contributed by atoms with van der Waals surface area (Å²) in [5.41, 5.74) is 0. The second-order valence-electron chi connectivity index (χ2n) is 2.23. The summed E-state index contributed by atoms with van der Waals surface area (Å²) in [7, 11) is 0. The summed E-state index contributed by atoms with van der Waals surface area (Å²) < 4.78 is 4.54. The van der Waals surface area contributed by atoms with Gasteiger partial charge in [-0.1, -0.05) is 0 Å². The van der Waals surface area contributed by atoms with E-state index in [1.807, 2.05) is 0 Å². The molecule has 0 aliphatic carbocycles. The van der Waals surface area contributed by atoms with Crippen LogP contribution in [0.25, 0.3) is 0 Å². The molecule has 5 nitrogen and oxygen atoms in total. The molecule has 60 valence electrons. The Bertz CT molecular complexity index is 117. The first kappa shape index (κ1) is 7.90. The molecule has 5 heteroatoms. The molecular formula is C5H10O5. The Balaban J connectivity index is 2.53. The van der Waals surface area contributed by atoms with Gasteiger partial charge in [-0.3, -0.25) is 0 Å². The molecule has 1 fully saturated rings. The molecule has 0 amide bonds. The fourth-order valence-corrected chi connectivity index (χ4v) is 0.880. The molecule has 1 saturated heterocycles. The lowest BCUT2D eigenvalue weighted by Crippen LogP contribution is -2.33. The van der Waals surface area contributed by atoms with Gasteiger partial charge in [-0.15, -0.1) is 0 Å². The molecule has 0 saturated carbocycles. The number of rotatable bonds is 1. The predicted octanol–water partition coefficient (Wildman–Crippen LogP) is -2.58. The Morgan fingerprint density at radius 2 is 1.70 bits per heavy atom. The molecule has 1 heterocycles. The monoisotopic (exact) mass is 150 g/mol. The summed E-state index contributed by atoms with van der Waals surface area (Å²) in [6.07, 6.45) is -4.76. The van der Waals surface area contributed by atoms with Crippen LogP contribution < -0.4 is 0 Å². The fourth-order valence-electron chi connectivity index (χ4n) is 0.880. The predicted molar refractivity (Wildman–Crippen MR) is 30.0 cm³/mol. The smallest absolute Gasteiger partial charge is 0.184 e. The van der Waals surface area contributed by atoms with Crippen molar-refractivity contribution < 1.29 is 25.2 Å². The molecule has 1 aliphatic heterocycles. The van der Waals surface area contributed by atoms with E-state index in [9.17, 15) is 0 Å². The van der Waals surface area contributed by atoms with Crippen LogP contribution in [0.1, 0.15) is 0 Å². The van der Waals surface area contributed by atoms with Crippen LogP contribution in [-0.2, 0) is 4.74 Å². The van der Waals surface area contributed by atoms with Gasteiger partial charge in [0, 0.05) is 0 Å². The van der Waals surface area contributed by atoms with E-state index in [1.165, 1.54) is 0 Å². The van der Waals surface area contributed by atoms with Crippen molar-refractivity contribution in [1.82, 2.24) is 0 Å². The van der Waals surface area contributed by atoms with Crippen molar-refractivity contribution in [3.05, 3.63) is 0 Å². The minimum Gasteiger partial charge on any atom is -0.394 e. The molecule has 0 aromatic heterocycles. The van der Waals surface area contributed by atoms with E-state index >= 15 is 0 Å². The van der Waals surface area contributed by atoms with Gasteiger partial charge >= 0.3 is 0 Å². The number of aliphatic hydroxyl groups is 4. The molecule has 0 aromatic carbocycles. The third-order valence-electron chi connectivity index (χ3n) is 1.52. The highest BCUT2D eigenvalue weighted by Crippen LogP contribution is 2.18. The topological polar surface area (TPSA) is 90.2 Å². The lowest BCUT2D eigenvalue weighted by Gasteiger charge is -2.09. The van der Waals surface area contributed by atoms with Gasteiger partial charge in [-0.25, -0.2) is 0 Å². The van der Waals surface area contributed by atoms with Crippen LogP contribution in [0.3, 0.4) is 0 Å². The lowest BCUT2D eigenvalue weighted by atomic mass is 10.1. The molecule has 10 heavy (non-hydrogen) atoms. The molecule has 1 aliphatic rings. The first-order chi connectivity index (χ1) is 4.66. The van der Waals surface area contributed by atoms with Crippen LogP contribution in [0.4, 0.5) is 0 Å². The minimum atomic E-state index is -1.38. The van der Waals surface area contributed by atoms with E-state index in [0.29, 0.717) is 0 Å². The van der Waals surface area contributed by atoms with Crippen molar-refractivity contribution in [2.45, 2.75) is 24.6 Å². The zero-order chi connectivity index (χ0) is 7.72. The Labute approximate surface area is 57.5 Å². The van der Waals surface area contributed by atoms with Gasteiger partial charge in [-0.05, 0) is 0 Å². The van der Waals surface area contributed by atoms with Crippen molar-refractivity contribution >= 4 is 0 Å². The van der Waals surface area contributed by atoms with Crippen LogP contribution in [0.5, 0.6) is 0 Å². The Morgan fingerprint density at radius 1 is 1.10 bits per heavy atom. The first-order valence-electron chi connectivity index (χ1n) is 2.97. The Hall–Kier alpha value is -0.200. The highest BCUT2D eigenvalue weighted by atomic mass is 16.6. The maximum atomic E-state index is 8.93. The summed E-state index contributed by atoms with van der Waals surface area (Å²) >= 11 is 0. The maximum absolute atomic E-state index is 8.93. The third kappa shape index (κ3) is 1.14. The number of aliphatic hydroxyl groups excluding tert-OH is 4. The van der Waals surface area contributed by atoms with Gasteiger partial charge in [0.25, 0.3) is 0 Å². The largest absolute Gasteiger partial charge is 0.394 e. The van der Waals surface area contributed by atoms with Crippen LogP contribution >= 0.6 is 0 Å². The standard InChI is InChI=1S/C5H10O5/c6-1-2-3(7)4(8)5(9)10-2/h2-9H,1H2/t2-,3+,4?,5-/m0/s1. The van der Waals surface area contributed by atoms with Gasteiger partial charge in [0.05, 0.1) is 6.61 Å². The van der Waals surface area contributed by atoms with Gasteiger partial charge in [0.1, 0.15) is 18.3 Å². The quantitative estimate of drug-likeness (QED) is 0.329. The molecule has 4 N–H and O–H groups in total. The molecule has 0 spiro atoms. The minimum absolute atomic E-state index is 0.407. The van der Waals surface area contributed by atoms with Crippen LogP contribution in [0.2, 0.25) is 0 Å². The first-order valence-corrected chi connectivity index (χ1v) is 2.97. The van der Waals surface area contributed by atoms with Crippen LogP contribution in [-0.4, -0.2) is 51.6 Å². The van der Waals surface area contributed by atoms with Crippen molar-refractivity contribution in [3.63, 3.8) is 0 Å². The van der Waals surface area contributed by atoms with E-state index in [4.69, 9.17) is 20.4 Å². The highest BCUT2D eigenvalue weighted by Gasteiger charge is 2.41. The molecular weight excluding hydrogens is 140 g/mol. The lowest BCUT2D eigenvalue weighted by molar-refractivity contribution is -0.132. The number of ether oxygens (including phenoxy) is 1. The molecule has 1 unspecified atom stereocenters. The van der Waals surface area contributed by atoms with Gasteiger partial charge in [-0.2, -0.15) is 0 Å². The van der Waals surface area contributed by atoms with Gasteiger partial charge < -0.3 is 25.2 Å². The average Bonchev–Trinajstić information content (AvgIpc) is 2.17. The SMILES string of the molecule is OC[C@@H]1O[C@H](O)C(O)[C@@H]1O. The zero-order valence-electron chi connectivity index (χ0n) is 5.21. The van der Waals surface area contributed by atoms with Crippen LogP contribution in [0.15, 0.2) is 0 Å². The van der Waals surface area contributed by atoms with E-state index in [2.05, 4.69) is 4.74 Å². The van der Waals surface area contributed by atoms with E-state index in [0.717, 1.165) is 0 Å². The molecule has 0 bridgehead atoms. The normalized spacial score (nSPS) is 48.0. The Kier molecular flexibility index (Phi) is 2.22. The van der Waals surface area contributed by atoms with Gasteiger partial charge in [0.2, 0.25) is 0 Å². The van der Waals surface area contributed by atoms with Crippen molar-refractivity contribution in [2.24, 2.45) is 0 Å². The van der Waals surface area contributed by atoms with Gasteiger partial charge in [0.15, 0.2) is 6.29 Å². The van der Waals surface area contributed by atoms with Crippen LogP contribution in [0, 0.1) is 0 Å². The summed E-state index contributed by atoms with van der Waals surface area (Å²) in [4.78, 5) is 0. The van der Waals surface area contributed by atoms with E-state index in [-0.39, 0.29) is 0 Å². The third-order valence-corrected chi connectivity index (χ3v) is 1.52. The van der Waals surface area contributed by atoms with Crippen molar-refractivity contribution in [3.8, 4) is 0 Å². The Morgan fingerprint density at radius 3 is 1.90 bits per heavy atom. The molecule has 0 aromatic rings. The number of hydrogen-bond donors (Lipinski definition) is 4. The summed E-state index contributed by atoms with van der Waals surface area (Å²) in [6.45, 7) is -0.407. The highest BCUT2D eigenvalue weighted by molar-refractivity contribution is 4.84. The van der Waals surface area contributed by atoms with E-state index in [1.54, 1.807) is 0 Å². The molecule has 0 radical (unpaired) electrons. The number of hydrogen-bond acceptors (Lipinski definition) is 5. The summed E-state index contributed by atoms with van der Waals surface area (Å²) in [5.74, 6) is 0. The van der Waals surface area contributed by atoms with Crippen molar-refractivity contribution in [2.75, 3.05) is 6.61 Å². The maximum Gasteiger partial charge on any atom is 0.184 e. The average molecular weight is 150 g/mol. The second kappa shape index (κ2) is 2.81. The second-order valence-corrected chi connectivity index (χ2v) is 2.23. The fraction of sp³-hybridized carbons (Fsp3) is 1.00. The van der Waals surface area contributed by atoms with E-state index < -0.39 is 31.2 Å². The molecule has 4 atom stereocenters. The summed E-state index contributed by atoms with van der Waals surface area (Å²) in [6, 6.07) is 0. The summed E-state index contributed by atoms with van der Waals surface area (Å²) in [5, 5.41) is 35.0. The zero-order valence-corrected chi connectivity index (χ0v) is 5.21. The molecule has 1 rings (SSSR count). The van der Waals surface area contributed by atoms with Crippen molar-refractivity contribution in [1.29, 1.82) is 0 Å².